The zero-order valence-corrected chi connectivity index (χ0v) is 7.28. The molecule has 0 saturated carbocycles. The van der Waals surface area contributed by atoms with E-state index in [1.165, 1.54) is 11.8 Å². The number of rotatable bonds is 2. The first-order valence-corrected chi connectivity index (χ1v) is 4.08. The Labute approximate surface area is 71.2 Å². The molecule has 1 fully saturated rings. The summed E-state index contributed by atoms with van der Waals surface area (Å²) in [5.41, 5.74) is 0. The third kappa shape index (κ3) is 1.29. The zero-order chi connectivity index (χ0) is 9.30. The maximum absolute atomic E-state index is 10.9. The number of nitrogens with zero attached hydrogens (tertiary/aromatic N) is 1. The van der Waals surface area contributed by atoms with Gasteiger partial charge >= 0.3 is 5.97 Å². The number of carbonyl (C=O) groups is 2. The largest absolute Gasteiger partial charge is 0.480 e. The Balaban J connectivity index is 2.62. The summed E-state index contributed by atoms with van der Waals surface area (Å²) in [7, 11) is 0. The minimum Gasteiger partial charge on any atom is -0.480 e. The van der Waals surface area contributed by atoms with E-state index in [0.717, 1.165) is 6.42 Å². The van der Waals surface area contributed by atoms with Crippen LogP contribution in [-0.4, -0.2) is 34.5 Å². The predicted octanol–water partition coefficient (Wildman–Crippen LogP) is 0.328. The highest BCUT2D eigenvalue weighted by molar-refractivity contribution is 5.84. The van der Waals surface area contributed by atoms with Gasteiger partial charge in [-0.1, -0.05) is 6.92 Å². The third-order valence-corrected chi connectivity index (χ3v) is 2.40. The summed E-state index contributed by atoms with van der Waals surface area (Å²) in [6.07, 6.45) is 0.820. The quantitative estimate of drug-likeness (QED) is 0.651. The van der Waals surface area contributed by atoms with Crippen LogP contribution in [-0.2, 0) is 9.59 Å². The van der Waals surface area contributed by atoms with Crippen LogP contribution < -0.4 is 0 Å². The van der Waals surface area contributed by atoms with Crippen molar-refractivity contribution >= 4 is 11.9 Å². The van der Waals surface area contributed by atoms with Crippen LogP contribution in [0, 0.1) is 5.92 Å². The van der Waals surface area contributed by atoms with Crippen LogP contribution in [0.2, 0.25) is 0 Å². The average Bonchev–Trinajstić information content (AvgIpc) is 1.83. The first-order valence-electron chi connectivity index (χ1n) is 4.08. The van der Waals surface area contributed by atoms with Crippen molar-refractivity contribution in [3.05, 3.63) is 0 Å². The molecule has 1 rings (SSSR count). The lowest BCUT2D eigenvalue weighted by molar-refractivity contribution is -0.162. The molecule has 4 heteroatoms. The number of carbonyl (C=O) groups excluding carboxylic acids is 1. The Bertz CT molecular complexity index is 214. The molecule has 0 bridgehead atoms. The number of amides is 1. The van der Waals surface area contributed by atoms with Crippen molar-refractivity contribution in [3.63, 3.8) is 0 Å². The summed E-state index contributed by atoms with van der Waals surface area (Å²) >= 11 is 0. The highest BCUT2D eigenvalue weighted by atomic mass is 16.4. The number of carboxylic acids is 1. The summed E-state index contributed by atoms with van der Waals surface area (Å²) in [5, 5.41) is 8.76. The first-order chi connectivity index (χ1) is 5.57. The van der Waals surface area contributed by atoms with Crippen LogP contribution in [0.4, 0.5) is 0 Å². The van der Waals surface area contributed by atoms with Crippen molar-refractivity contribution in [1.29, 1.82) is 0 Å². The standard InChI is InChI=1S/C8H13NO3/c1-3-6-4-9(5(2)10)7(6)8(11)12/h6-7H,3-4H2,1-2H3,(H,11,12)/t6?,7-/m0/s1. The molecule has 1 aliphatic rings. The van der Waals surface area contributed by atoms with E-state index < -0.39 is 12.0 Å². The lowest BCUT2D eigenvalue weighted by atomic mass is 9.86. The van der Waals surface area contributed by atoms with Gasteiger partial charge in [0.05, 0.1) is 0 Å². The second-order valence-electron chi connectivity index (χ2n) is 3.12. The van der Waals surface area contributed by atoms with Gasteiger partial charge in [-0.05, 0) is 6.42 Å². The van der Waals surface area contributed by atoms with Crippen LogP contribution >= 0.6 is 0 Å². The molecule has 4 nitrogen and oxygen atoms in total. The summed E-state index contributed by atoms with van der Waals surface area (Å²) in [4.78, 5) is 22.9. The highest BCUT2D eigenvalue weighted by Gasteiger charge is 2.44. The van der Waals surface area contributed by atoms with Crippen LogP contribution in [0.5, 0.6) is 0 Å². The molecule has 1 amide bonds. The summed E-state index contributed by atoms with van der Waals surface area (Å²) in [5.74, 6) is -0.887. The Kier molecular flexibility index (Phi) is 2.35. The van der Waals surface area contributed by atoms with E-state index in [9.17, 15) is 9.59 Å². The van der Waals surface area contributed by atoms with Crippen LogP contribution in [0.25, 0.3) is 0 Å². The van der Waals surface area contributed by atoms with Gasteiger partial charge in [-0.3, -0.25) is 4.79 Å². The molecule has 0 aromatic carbocycles. The van der Waals surface area contributed by atoms with Gasteiger partial charge in [0.2, 0.25) is 5.91 Å². The van der Waals surface area contributed by atoms with Crippen LogP contribution in [0.3, 0.4) is 0 Å². The van der Waals surface area contributed by atoms with Gasteiger partial charge in [0.15, 0.2) is 0 Å². The minimum atomic E-state index is -0.886. The SMILES string of the molecule is CCC1CN(C(C)=O)[C@@H]1C(=O)O. The number of hydrogen-bond acceptors (Lipinski definition) is 2. The van der Waals surface area contributed by atoms with Gasteiger partial charge in [-0.15, -0.1) is 0 Å². The van der Waals surface area contributed by atoms with E-state index in [0.29, 0.717) is 6.54 Å². The normalized spacial score (nSPS) is 28.0. The fraction of sp³-hybridized carbons (Fsp3) is 0.750. The number of hydrogen-bond donors (Lipinski definition) is 1. The Morgan fingerprint density at radius 1 is 1.58 bits per heavy atom. The lowest BCUT2D eigenvalue weighted by Gasteiger charge is -2.44. The molecule has 1 heterocycles. The molecule has 0 aromatic heterocycles. The van der Waals surface area contributed by atoms with Crippen molar-refractivity contribution in [2.75, 3.05) is 6.54 Å². The average molecular weight is 171 g/mol. The molecule has 1 saturated heterocycles. The van der Waals surface area contributed by atoms with Gasteiger partial charge in [-0.25, -0.2) is 4.79 Å². The van der Waals surface area contributed by atoms with Gasteiger partial charge in [0.25, 0.3) is 0 Å². The van der Waals surface area contributed by atoms with Crippen molar-refractivity contribution in [1.82, 2.24) is 4.90 Å². The van der Waals surface area contributed by atoms with Gasteiger partial charge in [0.1, 0.15) is 6.04 Å². The van der Waals surface area contributed by atoms with Crippen molar-refractivity contribution in [2.24, 2.45) is 5.92 Å². The summed E-state index contributed by atoms with van der Waals surface area (Å²) in [6, 6.07) is -0.576. The first kappa shape index (κ1) is 9.03. The second-order valence-corrected chi connectivity index (χ2v) is 3.12. The number of carboxylic acid groups (broad SMARTS) is 1. The smallest absolute Gasteiger partial charge is 0.326 e. The van der Waals surface area contributed by atoms with E-state index in [4.69, 9.17) is 5.11 Å². The maximum atomic E-state index is 10.9. The molecule has 1 unspecified atom stereocenters. The van der Waals surface area contributed by atoms with Crippen LogP contribution in [0.15, 0.2) is 0 Å². The zero-order valence-electron chi connectivity index (χ0n) is 7.28. The molecule has 0 aliphatic carbocycles. The van der Waals surface area contributed by atoms with Gasteiger partial charge in [-0.2, -0.15) is 0 Å². The summed E-state index contributed by atoms with van der Waals surface area (Å²) < 4.78 is 0. The predicted molar refractivity (Wildman–Crippen MR) is 42.6 cm³/mol. The maximum Gasteiger partial charge on any atom is 0.326 e. The lowest BCUT2D eigenvalue weighted by Crippen LogP contribution is -2.61. The molecule has 1 aliphatic heterocycles. The Morgan fingerprint density at radius 2 is 2.17 bits per heavy atom. The second kappa shape index (κ2) is 3.13. The van der Waals surface area contributed by atoms with Crippen molar-refractivity contribution in [3.8, 4) is 0 Å². The van der Waals surface area contributed by atoms with E-state index in [1.54, 1.807) is 0 Å². The fourth-order valence-electron chi connectivity index (χ4n) is 1.59. The van der Waals surface area contributed by atoms with E-state index in [-0.39, 0.29) is 11.8 Å². The Hall–Kier alpha value is -1.06. The molecule has 0 radical (unpaired) electrons. The van der Waals surface area contributed by atoms with E-state index >= 15 is 0 Å². The molecule has 12 heavy (non-hydrogen) atoms. The molecule has 0 spiro atoms. The molecule has 0 aromatic rings. The number of aliphatic carboxylic acids is 1. The fourth-order valence-corrected chi connectivity index (χ4v) is 1.59. The minimum absolute atomic E-state index is 0.145. The van der Waals surface area contributed by atoms with Crippen LogP contribution in [0.1, 0.15) is 20.3 Å². The van der Waals surface area contributed by atoms with Crippen molar-refractivity contribution < 1.29 is 14.7 Å². The van der Waals surface area contributed by atoms with E-state index in [2.05, 4.69) is 0 Å². The molecule has 68 valence electrons. The number of likely N-dealkylation sites (tertiary alicyclic amines) is 1. The monoisotopic (exact) mass is 171 g/mol. The molecular weight excluding hydrogens is 158 g/mol. The Morgan fingerprint density at radius 3 is 2.50 bits per heavy atom. The molecule has 2 atom stereocenters. The molecular formula is C8H13NO3. The van der Waals surface area contributed by atoms with Crippen molar-refractivity contribution in [2.45, 2.75) is 26.3 Å². The van der Waals surface area contributed by atoms with E-state index in [1.807, 2.05) is 6.92 Å². The third-order valence-electron chi connectivity index (χ3n) is 2.40. The molecule has 1 N–H and O–H groups in total. The topological polar surface area (TPSA) is 57.6 Å². The highest BCUT2D eigenvalue weighted by Crippen LogP contribution is 2.27. The summed E-state index contributed by atoms with van der Waals surface area (Å²) in [6.45, 7) is 3.95. The van der Waals surface area contributed by atoms with Gasteiger partial charge < -0.3 is 10.0 Å². The van der Waals surface area contributed by atoms with Gasteiger partial charge in [0, 0.05) is 19.4 Å².